The van der Waals surface area contributed by atoms with Crippen LogP contribution in [-0.4, -0.2) is 152 Å². The van der Waals surface area contributed by atoms with Gasteiger partial charge < -0.3 is 43.4 Å². The summed E-state index contributed by atoms with van der Waals surface area (Å²) in [5, 5.41) is 3.27. The number of amides is 5. The highest BCUT2D eigenvalue weighted by Gasteiger charge is 2.36. The maximum Gasteiger partial charge on any atom is 0.329 e. The Labute approximate surface area is 393 Å². The van der Waals surface area contributed by atoms with Gasteiger partial charge in [0.1, 0.15) is 30.1 Å². The first-order chi connectivity index (χ1) is 33.0. The van der Waals surface area contributed by atoms with Crippen LogP contribution in [0.3, 0.4) is 0 Å². The number of imide groups is 1. The molecule has 0 radical (unpaired) electrons. The molecule has 2 unspecified atom stereocenters. The fourth-order valence-electron chi connectivity index (χ4n) is 9.07. The van der Waals surface area contributed by atoms with Crippen molar-refractivity contribution < 1.29 is 47.7 Å². The van der Waals surface area contributed by atoms with Crippen LogP contribution in [0.25, 0.3) is 27.5 Å². The number of rotatable bonds is 21. The molecule has 18 heteroatoms. The van der Waals surface area contributed by atoms with Crippen molar-refractivity contribution in [3.63, 3.8) is 0 Å². The van der Waals surface area contributed by atoms with Gasteiger partial charge in [-0.1, -0.05) is 36.4 Å². The Bertz CT molecular complexity index is 2750. The quantitative estimate of drug-likeness (QED) is 0.0622. The van der Waals surface area contributed by atoms with E-state index in [1.165, 1.54) is 14.0 Å². The molecule has 5 heterocycles. The Morgan fingerprint density at radius 2 is 1.57 bits per heavy atom. The molecule has 2 N–H and O–H groups in total. The molecular formula is C50H59N7O11. The molecule has 1 fully saturated rings. The molecule has 5 amide bonds. The minimum absolute atomic E-state index is 0.101. The second-order valence-electron chi connectivity index (χ2n) is 17.4. The van der Waals surface area contributed by atoms with E-state index in [0.29, 0.717) is 121 Å². The summed E-state index contributed by atoms with van der Waals surface area (Å²) in [6.07, 6.45) is 5.05. The van der Waals surface area contributed by atoms with E-state index in [0.717, 1.165) is 45.1 Å². The molecule has 5 aromatic rings. The Kier molecular flexibility index (Phi) is 15.5. The number of fused-ring (bicyclic) bond motifs is 3. The lowest BCUT2D eigenvalue weighted by Crippen LogP contribution is -2.52. The van der Waals surface area contributed by atoms with Crippen molar-refractivity contribution in [1.82, 2.24) is 34.1 Å². The van der Waals surface area contributed by atoms with Gasteiger partial charge in [0.2, 0.25) is 24.1 Å². The molecule has 2 aromatic heterocycles. The van der Waals surface area contributed by atoms with Crippen molar-refractivity contribution in [2.75, 3.05) is 86.6 Å². The van der Waals surface area contributed by atoms with E-state index in [4.69, 9.17) is 23.7 Å². The monoisotopic (exact) mass is 933 g/mol. The third-order valence-corrected chi connectivity index (χ3v) is 12.7. The van der Waals surface area contributed by atoms with Crippen LogP contribution >= 0.6 is 0 Å². The van der Waals surface area contributed by atoms with Crippen molar-refractivity contribution in [2.24, 2.45) is 7.05 Å². The number of piperidine rings is 1. The summed E-state index contributed by atoms with van der Waals surface area (Å²) >= 11 is 0. The predicted octanol–water partition coefficient (Wildman–Crippen LogP) is 3.39. The van der Waals surface area contributed by atoms with E-state index in [9.17, 15) is 28.8 Å². The fraction of sp³-hybridized carbons (Fsp3) is 0.440. The molecule has 0 spiro atoms. The summed E-state index contributed by atoms with van der Waals surface area (Å²) in [6, 6.07) is 17.9. The zero-order chi connectivity index (χ0) is 47.7. The maximum absolute atomic E-state index is 14.2. The number of ether oxygens (including phenoxy) is 5. The minimum atomic E-state index is -0.718. The molecule has 0 bridgehead atoms. The molecule has 3 aliphatic rings. The average molecular weight is 934 g/mol. The Balaban J connectivity index is 0.704. The summed E-state index contributed by atoms with van der Waals surface area (Å²) in [5.41, 5.74) is 7.27. The van der Waals surface area contributed by atoms with E-state index >= 15 is 0 Å². The Hall–Kier alpha value is -6.60. The highest BCUT2D eigenvalue weighted by atomic mass is 16.6. The van der Waals surface area contributed by atoms with E-state index in [2.05, 4.69) is 16.4 Å². The lowest BCUT2D eigenvalue weighted by molar-refractivity contribution is -0.141. The molecule has 68 heavy (non-hydrogen) atoms. The van der Waals surface area contributed by atoms with Crippen LogP contribution in [0.4, 0.5) is 0 Å². The summed E-state index contributed by atoms with van der Waals surface area (Å²) < 4.78 is 32.0. The number of nitrogens with one attached hydrogen (secondary N) is 2. The van der Waals surface area contributed by atoms with Gasteiger partial charge in [-0.3, -0.25) is 38.4 Å². The number of H-pyrrole nitrogens is 1. The number of carbonyl (C=O) groups is 5. The van der Waals surface area contributed by atoms with Crippen LogP contribution in [0.1, 0.15) is 58.0 Å². The van der Waals surface area contributed by atoms with Crippen LogP contribution in [0, 0.1) is 0 Å². The topological polar surface area (TPSA) is 196 Å². The number of imidazole rings is 1. The van der Waals surface area contributed by atoms with Gasteiger partial charge in [0.15, 0.2) is 0 Å². The molecule has 18 nitrogen and oxygen atoms in total. The van der Waals surface area contributed by atoms with Crippen LogP contribution in [-0.2, 0) is 64.6 Å². The minimum Gasteiger partial charge on any atom is -0.491 e. The van der Waals surface area contributed by atoms with Crippen molar-refractivity contribution in [2.45, 2.75) is 50.7 Å². The van der Waals surface area contributed by atoms with Crippen LogP contribution in [0.2, 0.25) is 0 Å². The van der Waals surface area contributed by atoms with Crippen molar-refractivity contribution >= 4 is 57.5 Å². The van der Waals surface area contributed by atoms with Gasteiger partial charge in [-0.15, -0.1) is 0 Å². The number of aromatic amines is 1. The SMILES string of the molecule is CN(C)C(=O)c1cc2ccc(C3=CCCN(C(=O)C4Cc5c(cccc5OCCOCCOCCOCCOCCc5ccc6c(c5)n(C)c(=O)n6C5CCC(=O)NC5=O)CN4C=O)C3)cc2[nH]1. The number of aromatic nitrogens is 3. The molecular weight excluding hydrogens is 875 g/mol. The largest absolute Gasteiger partial charge is 0.491 e. The number of hydrogen-bond donors (Lipinski definition) is 2. The third kappa shape index (κ3) is 10.9. The van der Waals surface area contributed by atoms with E-state index in [1.807, 2.05) is 65.6 Å². The van der Waals surface area contributed by atoms with Crippen molar-refractivity contribution in [3.05, 3.63) is 105 Å². The standard InChI is InChI=1S/C50H59N7O11/c1-53(2)48(61)40-28-35-11-10-34(27-39(35)51-40)36-7-5-16-55(30-36)49(62)44-29-38-37(31-56(44)32-58)6-4-8-45(38)68-25-24-67-23-22-66-21-20-65-19-18-64-17-15-33-9-12-41-43(26-33)54(3)50(63)57(41)42-13-14-46(59)52-47(42)60/h4,6-12,26-28,32,42,44,51H,5,13-25,29-31H2,1-3H3,(H,52,59,60). The number of hydrogen-bond acceptors (Lipinski definition) is 11. The zero-order valence-corrected chi connectivity index (χ0v) is 38.8. The smallest absolute Gasteiger partial charge is 0.329 e. The molecule has 0 aliphatic carbocycles. The van der Waals surface area contributed by atoms with Gasteiger partial charge in [0, 0.05) is 70.1 Å². The number of benzene rings is 3. The molecule has 3 aromatic carbocycles. The van der Waals surface area contributed by atoms with Gasteiger partial charge in [-0.25, -0.2) is 4.79 Å². The predicted molar refractivity (Wildman–Crippen MR) is 252 cm³/mol. The number of aryl methyl sites for hydroxylation is 1. The summed E-state index contributed by atoms with van der Waals surface area (Å²) in [7, 11) is 5.11. The van der Waals surface area contributed by atoms with E-state index < -0.39 is 18.0 Å². The first kappa shape index (κ1) is 47.9. The van der Waals surface area contributed by atoms with Gasteiger partial charge in [-0.2, -0.15) is 0 Å². The van der Waals surface area contributed by atoms with Crippen molar-refractivity contribution in [3.8, 4) is 5.75 Å². The summed E-state index contributed by atoms with van der Waals surface area (Å²) in [4.78, 5) is 84.3. The molecule has 360 valence electrons. The average Bonchev–Trinajstić information content (AvgIpc) is 3.88. The molecule has 2 atom stereocenters. The molecule has 8 rings (SSSR count). The lowest BCUT2D eigenvalue weighted by Gasteiger charge is -2.38. The van der Waals surface area contributed by atoms with Crippen LogP contribution in [0.15, 0.2) is 71.5 Å². The van der Waals surface area contributed by atoms with Crippen molar-refractivity contribution in [1.29, 1.82) is 0 Å². The number of carbonyl (C=O) groups excluding carboxylic acids is 5. The van der Waals surface area contributed by atoms with Crippen LogP contribution < -0.4 is 15.7 Å². The fourth-order valence-corrected chi connectivity index (χ4v) is 9.07. The second-order valence-corrected chi connectivity index (χ2v) is 17.4. The number of nitrogens with zero attached hydrogens (tertiary/aromatic N) is 5. The summed E-state index contributed by atoms with van der Waals surface area (Å²) in [6.45, 7) is 4.81. The highest BCUT2D eigenvalue weighted by Crippen LogP contribution is 2.33. The van der Waals surface area contributed by atoms with E-state index in [1.54, 1.807) is 26.0 Å². The zero-order valence-electron chi connectivity index (χ0n) is 38.8. The first-order valence-electron chi connectivity index (χ1n) is 23.1. The Morgan fingerprint density at radius 1 is 0.838 bits per heavy atom. The lowest BCUT2D eigenvalue weighted by atomic mass is 9.92. The van der Waals surface area contributed by atoms with Gasteiger partial charge in [0.25, 0.3) is 5.91 Å². The normalized spacial score (nSPS) is 17.3. The van der Waals surface area contributed by atoms with Gasteiger partial charge in [-0.05, 0) is 71.9 Å². The van der Waals surface area contributed by atoms with E-state index in [-0.39, 0.29) is 36.3 Å². The maximum atomic E-state index is 14.2. The van der Waals surface area contributed by atoms with Gasteiger partial charge >= 0.3 is 5.69 Å². The van der Waals surface area contributed by atoms with Crippen LogP contribution in [0.5, 0.6) is 5.75 Å². The third-order valence-electron chi connectivity index (χ3n) is 12.7. The molecule has 3 aliphatic heterocycles. The molecule has 0 saturated carbocycles. The second kappa shape index (κ2) is 22.0. The Morgan fingerprint density at radius 3 is 2.29 bits per heavy atom. The highest BCUT2D eigenvalue weighted by molar-refractivity contribution is 6.00. The molecule has 1 saturated heterocycles. The first-order valence-corrected chi connectivity index (χ1v) is 23.1. The van der Waals surface area contributed by atoms with Gasteiger partial charge in [0.05, 0.1) is 63.9 Å². The summed E-state index contributed by atoms with van der Waals surface area (Å²) in [5.74, 6) is -0.315.